The van der Waals surface area contributed by atoms with E-state index in [9.17, 15) is 18.0 Å². The average molecular weight is 483 g/mol. The Hall–Kier alpha value is -3.50. The van der Waals surface area contributed by atoms with Crippen LogP contribution in [0.5, 0.6) is 5.75 Å². The molecule has 0 bridgehead atoms. The molecule has 1 aliphatic rings. The molecule has 0 radical (unpaired) electrons. The molecule has 1 atom stereocenters. The Morgan fingerprint density at radius 1 is 1.18 bits per heavy atom. The number of benzene rings is 2. The lowest BCUT2D eigenvalue weighted by Gasteiger charge is -2.31. The molecule has 0 aliphatic carbocycles. The minimum absolute atomic E-state index is 0.104. The summed E-state index contributed by atoms with van der Waals surface area (Å²) in [5, 5.41) is 2.88. The monoisotopic (exact) mass is 482 g/mol. The van der Waals surface area contributed by atoms with E-state index in [2.05, 4.69) is 15.3 Å². The second kappa shape index (κ2) is 9.78. The fourth-order valence-corrected chi connectivity index (χ4v) is 5.50. The van der Waals surface area contributed by atoms with Crippen molar-refractivity contribution in [1.82, 2.24) is 14.3 Å². The highest BCUT2D eigenvalue weighted by molar-refractivity contribution is 7.89. The van der Waals surface area contributed by atoms with E-state index in [1.165, 1.54) is 29.6 Å². The van der Waals surface area contributed by atoms with Crippen LogP contribution in [0.25, 0.3) is 11.4 Å². The van der Waals surface area contributed by atoms with Crippen molar-refractivity contribution in [2.45, 2.75) is 24.7 Å². The van der Waals surface area contributed by atoms with Gasteiger partial charge < -0.3 is 15.0 Å². The summed E-state index contributed by atoms with van der Waals surface area (Å²) in [4.78, 5) is 32.0. The van der Waals surface area contributed by atoms with E-state index in [1.54, 1.807) is 43.3 Å². The summed E-state index contributed by atoms with van der Waals surface area (Å²) >= 11 is 0. The Kier molecular flexibility index (Phi) is 6.80. The molecule has 1 aliphatic heterocycles. The van der Waals surface area contributed by atoms with Crippen LogP contribution in [-0.4, -0.2) is 48.8 Å². The summed E-state index contributed by atoms with van der Waals surface area (Å²) in [6, 6.07) is 14.6. The number of aromatic nitrogens is 2. The lowest BCUT2D eigenvalue weighted by atomic mass is 9.98. The van der Waals surface area contributed by atoms with Gasteiger partial charge in [-0.15, -0.1) is 0 Å². The summed E-state index contributed by atoms with van der Waals surface area (Å²) in [5.41, 5.74) is 1.54. The number of sulfonamides is 1. The van der Waals surface area contributed by atoms with Gasteiger partial charge in [0, 0.05) is 36.1 Å². The van der Waals surface area contributed by atoms with Crippen LogP contribution in [0.15, 0.2) is 64.3 Å². The molecule has 3 aromatic rings. The number of hydrogen-bond donors (Lipinski definition) is 2. The van der Waals surface area contributed by atoms with Gasteiger partial charge in [-0.2, -0.15) is 4.31 Å². The third kappa shape index (κ3) is 5.18. The van der Waals surface area contributed by atoms with Crippen molar-refractivity contribution in [3.05, 3.63) is 70.6 Å². The number of aromatic amines is 1. The normalized spacial score (nSPS) is 16.7. The summed E-state index contributed by atoms with van der Waals surface area (Å²) in [6.45, 7) is 2.20. The number of nitrogens with one attached hydrogen (secondary N) is 2. The zero-order chi connectivity index (χ0) is 24.3. The van der Waals surface area contributed by atoms with Crippen LogP contribution in [-0.2, 0) is 14.8 Å². The van der Waals surface area contributed by atoms with Crippen LogP contribution in [0, 0.1) is 12.8 Å². The number of carbonyl (C=O) groups is 1. The SMILES string of the molecule is COc1ccc(S(=O)(=O)N2CCCC(C(=O)Nc3cccc(-c4nc(C)cc(=O)[nH]4)c3)C2)cc1. The maximum absolute atomic E-state index is 13.1. The molecule has 9 nitrogen and oxygen atoms in total. The zero-order valence-electron chi connectivity index (χ0n) is 18.9. The van der Waals surface area contributed by atoms with Gasteiger partial charge in [0.1, 0.15) is 11.6 Å². The number of aryl methyl sites for hydroxylation is 1. The number of amides is 1. The van der Waals surface area contributed by atoms with Crippen LogP contribution in [0.1, 0.15) is 18.5 Å². The molecule has 0 saturated carbocycles. The Balaban J connectivity index is 1.48. The van der Waals surface area contributed by atoms with Gasteiger partial charge in [-0.05, 0) is 56.2 Å². The molecule has 1 aromatic heterocycles. The quantitative estimate of drug-likeness (QED) is 0.557. The van der Waals surface area contributed by atoms with Crippen molar-refractivity contribution >= 4 is 21.6 Å². The molecule has 2 N–H and O–H groups in total. The minimum Gasteiger partial charge on any atom is -0.497 e. The number of carbonyl (C=O) groups excluding carboxylic acids is 1. The van der Waals surface area contributed by atoms with Gasteiger partial charge in [0.15, 0.2) is 0 Å². The Bertz CT molecular complexity index is 1350. The molecule has 2 heterocycles. The van der Waals surface area contributed by atoms with Gasteiger partial charge in [-0.3, -0.25) is 9.59 Å². The molecule has 1 fully saturated rings. The van der Waals surface area contributed by atoms with Gasteiger partial charge in [0.25, 0.3) is 5.56 Å². The van der Waals surface area contributed by atoms with E-state index in [4.69, 9.17) is 4.74 Å². The number of hydrogen-bond acceptors (Lipinski definition) is 6. The van der Waals surface area contributed by atoms with E-state index in [-0.39, 0.29) is 22.9 Å². The van der Waals surface area contributed by atoms with Crippen LogP contribution in [0.4, 0.5) is 5.69 Å². The predicted octanol–water partition coefficient (Wildman–Crippen LogP) is 2.79. The molecule has 0 spiro atoms. The Morgan fingerprint density at radius 3 is 2.65 bits per heavy atom. The van der Waals surface area contributed by atoms with Gasteiger partial charge in [0.2, 0.25) is 15.9 Å². The lowest BCUT2D eigenvalue weighted by Crippen LogP contribution is -2.43. The second-order valence-electron chi connectivity index (χ2n) is 8.18. The van der Waals surface area contributed by atoms with Crippen molar-refractivity contribution in [1.29, 1.82) is 0 Å². The highest BCUT2D eigenvalue weighted by Crippen LogP contribution is 2.26. The summed E-state index contributed by atoms with van der Waals surface area (Å²) < 4.78 is 32.6. The van der Waals surface area contributed by atoms with E-state index in [0.29, 0.717) is 47.9 Å². The topological polar surface area (TPSA) is 121 Å². The first-order chi connectivity index (χ1) is 16.3. The summed E-state index contributed by atoms with van der Waals surface area (Å²) in [7, 11) is -2.20. The maximum Gasteiger partial charge on any atom is 0.251 e. The molecule has 4 rings (SSSR count). The fraction of sp³-hybridized carbons (Fsp3) is 0.292. The molecule has 1 unspecified atom stereocenters. The standard InChI is InChI=1S/C24H26N4O5S/c1-16-13-22(29)27-23(25-16)17-5-3-7-19(14-17)26-24(30)18-6-4-12-28(15-18)34(31,32)21-10-8-20(33-2)9-11-21/h3,5,7-11,13-14,18H,4,6,12,15H2,1-2H3,(H,26,30)(H,25,27,29). The first-order valence-corrected chi connectivity index (χ1v) is 12.3. The number of ether oxygens (including phenoxy) is 1. The number of rotatable bonds is 6. The molecular formula is C24H26N4O5S. The van der Waals surface area contributed by atoms with Crippen molar-refractivity contribution in [3.63, 3.8) is 0 Å². The first kappa shape index (κ1) is 23.7. The van der Waals surface area contributed by atoms with Gasteiger partial charge >= 0.3 is 0 Å². The minimum atomic E-state index is -3.72. The summed E-state index contributed by atoms with van der Waals surface area (Å²) in [6.07, 6.45) is 1.18. The molecule has 34 heavy (non-hydrogen) atoms. The van der Waals surface area contributed by atoms with Crippen molar-refractivity contribution < 1.29 is 17.9 Å². The smallest absolute Gasteiger partial charge is 0.251 e. The van der Waals surface area contributed by atoms with Gasteiger partial charge in [0.05, 0.1) is 17.9 Å². The van der Waals surface area contributed by atoms with E-state index >= 15 is 0 Å². The maximum atomic E-state index is 13.1. The molecule has 2 aromatic carbocycles. The fourth-order valence-electron chi connectivity index (χ4n) is 3.98. The zero-order valence-corrected chi connectivity index (χ0v) is 19.8. The number of nitrogens with zero attached hydrogens (tertiary/aromatic N) is 2. The number of piperidine rings is 1. The van der Waals surface area contributed by atoms with Crippen molar-refractivity contribution in [2.24, 2.45) is 5.92 Å². The highest BCUT2D eigenvalue weighted by atomic mass is 32.2. The van der Waals surface area contributed by atoms with Crippen LogP contribution < -0.4 is 15.6 Å². The van der Waals surface area contributed by atoms with Crippen LogP contribution >= 0.6 is 0 Å². The highest BCUT2D eigenvalue weighted by Gasteiger charge is 2.33. The second-order valence-corrected chi connectivity index (χ2v) is 10.1. The molecule has 1 amide bonds. The Morgan fingerprint density at radius 2 is 1.94 bits per heavy atom. The number of H-pyrrole nitrogens is 1. The molecular weight excluding hydrogens is 456 g/mol. The Labute approximate surface area is 197 Å². The summed E-state index contributed by atoms with van der Waals surface area (Å²) in [5.74, 6) is 0.248. The lowest BCUT2D eigenvalue weighted by molar-refractivity contribution is -0.120. The molecule has 10 heteroatoms. The van der Waals surface area contributed by atoms with Crippen LogP contribution in [0.3, 0.4) is 0 Å². The van der Waals surface area contributed by atoms with E-state index < -0.39 is 15.9 Å². The first-order valence-electron chi connectivity index (χ1n) is 10.9. The molecule has 178 valence electrons. The van der Waals surface area contributed by atoms with E-state index in [0.717, 1.165) is 0 Å². The van der Waals surface area contributed by atoms with Gasteiger partial charge in [-0.1, -0.05) is 12.1 Å². The van der Waals surface area contributed by atoms with Crippen LogP contribution in [0.2, 0.25) is 0 Å². The van der Waals surface area contributed by atoms with E-state index in [1.807, 2.05) is 0 Å². The predicted molar refractivity (Wildman–Crippen MR) is 128 cm³/mol. The number of methoxy groups -OCH3 is 1. The third-order valence-electron chi connectivity index (χ3n) is 5.73. The third-order valence-corrected chi connectivity index (χ3v) is 7.60. The average Bonchev–Trinajstić information content (AvgIpc) is 2.83. The number of anilines is 1. The van der Waals surface area contributed by atoms with Crippen molar-refractivity contribution in [2.75, 3.05) is 25.5 Å². The molecule has 1 saturated heterocycles. The van der Waals surface area contributed by atoms with Crippen molar-refractivity contribution in [3.8, 4) is 17.1 Å². The largest absolute Gasteiger partial charge is 0.497 e. The van der Waals surface area contributed by atoms with Gasteiger partial charge in [-0.25, -0.2) is 13.4 Å².